The number of carbonyl (C=O) groups excluding carboxylic acids is 1. The van der Waals surface area contributed by atoms with Gasteiger partial charge in [-0.05, 0) is 39.9 Å². The number of carbonyl (C=O) groups is 1. The van der Waals surface area contributed by atoms with Crippen LogP contribution in [0.5, 0.6) is 0 Å². The molecule has 0 saturated heterocycles. The van der Waals surface area contributed by atoms with Crippen molar-refractivity contribution in [1.29, 1.82) is 0 Å². The maximum atomic E-state index is 13.7. The standard InChI is InChI=1S/C16H23BrFNO/c1-4-5-6-10-16(2,3)11-19-15(20)14-12(17)8-7-9-13(14)18/h7-9H,4-6,10-11H2,1-3H3,(H,19,20). The first-order valence-electron chi connectivity index (χ1n) is 7.09. The van der Waals surface area contributed by atoms with E-state index in [4.69, 9.17) is 0 Å². The summed E-state index contributed by atoms with van der Waals surface area (Å²) in [6.07, 6.45) is 4.60. The minimum Gasteiger partial charge on any atom is -0.351 e. The predicted octanol–water partition coefficient (Wildman–Crippen LogP) is 4.92. The second-order valence-corrected chi connectivity index (χ2v) is 6.75. The SMILES string of the molecule is CCCCCC(C)(C)CNC(=O)c1c(F)cccc1Br. The lowest BCUT2D eigenvalue weighted by atomic mass is 9.87. The van der Waals surface area contributed by atoms with E-state index in [0.29, 0.717) is 11.0 Å². The fourth-order valence-electron chi connectivity index (χ4n) is 2.06. The molecule has 0 atom stereocenters. The van der Waals surface area contributed by atoms with Crippen LogP contribution in [0.15, 0.2) is 22.7 Å². The Kier molecular flexibility index (Phi) is 6.66. The number of benzene rings is 1. The van der Waals surface area contributed by atoms with E-state index in [0.717, 1.165) is 12.8 Å². The molecule has 0 radical (unpaired) electrons. The van der Waals surface area contributed by atoms with Crippen molar-refractivity contribution in [1.82, 2.24) is 5.32 Å². The fraction of sp³-hybridized carbons (Fsp3) is 0.562. The van der Waals surface area contributed by atoms with E-state index in [-0.39, 0.29) is 16.9 Å². The second kappa shape index (κ2) is 7.77. The molecular weight excluding hydrogens is 321 g/mol. The second-order valence-electron chi connectivity index (χ2n) is 5.90. The zero-order valence-corrected chi connectivity index (χ0v) is 14.0. The van der Waals surface area contributed by atoms with Crippen LogP contribution in [0.3, 0.4) is 0 Å². The lowest BCUT2D eigenvalue weighted by molar-refractivity contribution is 0.0929. The van der Waals surface area contributed by atoms with Crippen LogP contribution in [0.2, 0.25) is 0 Å². The van der Waals surface area contributed by atoms with E-state index in [2.05, 4.69) is 42.0 Å². The Labute approximate surface area is 129 Å². The highest BCUT2D eigenvalue weighted by molar-refractivity contribution is 9.10. The van der Waals surface area contributed by atoms with Crippen molar-refractivity contribution in [3.05, 3.63) is 34.1 Å². The van der Waals surface area contributed by atoms with Crippen LogP contribution < -0.4 is 5.32 Å². The quantitative estimate of drug-likeness (QED) is 0.699. The van der Waals surface area contributed by atoms with Gasteiger partial charge in [0.2, 0.25) is 0 Å². The van der Waals surface area contributed by atoms with Crippen molar-refractivity contribution in [3.8, 4) is 0 Å². The predicted molar refractivity (Wildman–Crippen MR) is 84.4 cm³/mol. The Balaban J connectivity index is 2.59. The van der Waals surface area contributed by atoms with Gasteiger partial charge in [-0.25, -0.2) is 4.39 Å². The van der Waals surface area contributed by atoms with Gasteiger partial charge in [0, 0.05) is 11.0 Å². The lowest BCUT2D eigenvalue weighted by Crippen LogP contribution is -2.34. The molecule has 0 fully saturated rings. The zero-order chi connectivity index (χ0) is 15.2. The van der Waals surface area contributed by atoms with E-state index in [1.54, 1.807) is 12.1 Å². The Bertz CT molecular complexity index is 440. The largest absolute Gasteiger partial charge is 0.351 e. The van der Waals surface area contributed by atoms with Crippen LogP contribution in [0, 0.1) is 11.2 Å². The molecule has 1 aromatic carbocycles. The third-order valence-corrected chi connectivity index (χ3v) is 4.04. The summed E-state index contributed by atoms with van der Waals surface area (Å²) in [6, 6.07) is 4.54. The van der Waals surface area contributed by atoms with Gasteiger partial charge in [-0.3, -0.25) is 4.79 Å². The van der Waals surface area contributed by atoms with Crippen molar-refractivity contribution in [2.45, 2.75) is 46.5 Å². The van der Waals surface area contributed by atoms with Crippen LogP contribution in [-0.4, -0.2) is 12.5 Å². The average molecular weight is 344 g/mol. The van der Waals surface area contributed by atoms with E-state index in [9.17, 15) is 9.18 Å². The molecule has 0 saturated carbocycles. The van der Waals surface area contributed by atoms with Crippen molar-refractivity contribution < 1.29 is 9.18 Å². The highest BCUT2D eigenvalue weighted by Gasteiger charge is 2.21. The van der Waals surface area contributed by atoms with Crippen molar-refractivity contribution >= 4 is 21.8 Å². The number of amides is 1. The molecule has 1 N–H and O–H groups in total. The molecule has 0 bridgehead atoms. The van der Waals surface area contributed by atoms with Gasteiger partial charge in [-0.15, -0.1) is 0 Å². The molecule has 4 heteroatoms. The third kappa shape index (κ3) is 5.23. The van der Waals surface area contributed by atoms with Gasteiger partial charge in [-0.1, -0.05) is 46.1 Å². The molecule has 0 aliphatic heterocycles. The van der Waals surface area contributed by atoms with Gasteiger partial charge in [0.15, 0.2) is 0 Å². The number of hydrogen-bond donors (Lipinski definition) is 1. The maximum absolute atomic E-state index is 13.7. The monoisotopic (exact) mass is 343 g/mol. The fourth-order valence-corrected chi connectivity index (χ4v) is 2.59. The molecule has 20 heavy (non-hydrogen) atoms. The number of rotatable bonds is 7. The summed E-state index contributed by atoms with van der Waals surface area (Å²) >= 11 is 3.22. The minimum absolute atomic E-state index is 0.0303. The molecule has 1 amide bonds. The minimum atomic E-state index is -0.499. The number of nitrogens with one attached hydrogen (secondary N) is 1. The van der Waals surface area contributed by atoms with Crippen molar-refractivity contribution in [3.63, 3.8) is 0 Å². The maximum Gasteiger partial charge on any atom is 0.255 e. The molecule has 1 rings (SSSR count). The summed E-state index contributed by atoms with van der Waals surface area (Å²) in [5, 5.41) is 2.84. The molecule has 0 aliphatic rings. The Hall–Kier alpha value is -0.900. The third-order valence-electron chi connectivity index (χ3n) is 3.37. The lowest BCUT2D eigenvalue weighted by Gasteiger charge is -2.25. The van der Waals surface area contributed by atoms with E-state index in [1.807, 2.05) is 0 Å². The molecule has 1 aromatic rings. The van der Waals surface area contributed by atoms with Crippen LogP contribution in [0.4, 0.5) is 4.39 Å². The smallest absolute Gasteiger partial charge is 0.255 e. The van der Waals surface area contributed by atoms with Gasteiger partial charge in [0.25, 0.3) is 5.91 Å². The first-order valence-corrected chi connectivity index (χ1v) is 7.89. The molecule has 0 heterocycles. The van der Waals surface area contributed by atoms with Crippen LogP contribution in [0.1, 0.15) is 56.8 Å². The topological polar surface area (TPSA) is 29.1 Å². The summed E-state index contributed by atoms with van der Waals surface area (Å²) in [5.41, 5.74) is 0.111. The van der Waals surface area contributed by atoms with Gasteiger partial charge in [0.05, 0.1) is 5.56 Å². The molecule has 0 aliphatic carbocycles. The first kappa shape index (κ1) is 17.2. The average Bonchev–Trinajstić information content (AvgIpc) is 2.36. The molecule has 2 nitrogen and oxygen atoms in total. The summed E-state index contributed by atoms with van der Waals surface area (Å²) in [7, 11) is 0. The van der Waals surface area contributed by atoms with E-state index >= 15 is 0 Å². The number of hydrogen-bond acceptors (Lipinski definition) is 1. The van der Waals surface area contributed by atoms with E-state index in [1.165, 1.54) is 18.9 Å². The van der Waals surface area contributed by atoms with Crippen LogP contribution >= 0.6 is 15.9 Å². The molecule has 112 valence electrons. The Morgan fingerprint density at radius 3 is 2.65 bits per heavy atom. The van der Waals surface area contributed by atoms with Gasteiger partial charge in [0.1, 0.15) is 5.82 Å². The molecule has 0 aromatic heterocycles. The summed E-state index contributed by atoms with van der Waals surface area (Å²) in [4.78, 5) is 12.1. The summed E-state index contributed by atoms with van der Waals surface area (Å²) in [5.74, 6) is -0.862. The van der Waals surface area contributed by atoms with Crippen molar-refractivity contribution in [2.75, 3.05) is 6.54 Å². The highest BCUT2D eigenvalue weighted by Crippen LogP contribution is 2.24. The van der Waals surface area contributed by atoms with Gasteiger partial charge >= 0.3 is 0 Å². The highest BCUT2D eigenvalue weighted by atomic mass is 79.9. The first-order chi connectivity index (χ1) is 9.37. The molecule has 0 unspecified atom stereocenters. The van der Waals surface area contributed by atoms with Crippen LogP contribution in [0.25, 0.3) is 0 Å². The number of halogens is 2. The Morgan fingerprint density at radius 1 is 1.35 bits per heavy atom. The van der Waals surface area contributed by atoms with Crippen molar-refractivity contribution in [2.24, 2.45) is 5.41 Å². The molecule has 0 spiro atoms. The van der Waals surface area contributed by atoms with Crippen LogP contribution in [-0.2, 0) is 0 Å². The number of unbranched alkanes of at least 4 members (excludes halogenated alkanes) is 2. The summed E-state index contributed by atoms with van der Waals surface area (Å²) < 4.78 is 14.2. The normalized spacial score (nSPS) is 11.4. The Morgan fingerprint density at radius 2 is 2.05 bits per heavy atom. The zero-order valence-electron chi connectivity index (χ0n) is 12.4. The van der Waals surface area contributed by atoms with E-state index < -0.39 is 5.82 Å². The molecular formula is C16H23BrFNO. The van der Waals surface area contributed by atoms with Gasteiger partial charge < -0.3 is 5.32 Å². The summed E-state index contributed by atoms with van der Waals surface area (Å²) in [6.45, 7) is 6.97. The van der Waals surface area contributed by atoms with Gasteiger partial charge in [-0.2, -0.15) is 0 Å².